The van der Waals surface area contributed by atoms with Crippen LogP contribution in [0.3, 0.4) is 0 Å². The molecule has 6 heteroatoms. The maximum atomic E-state index is 5.84. The van der Waals surface area contributed by atoms with Crippen LogP contribution >= 0.6 is 0 Å². The van der Waals surface area contributed by atoms with Crippen molar-refractivity contribution >= 4 is 0 Å². The summed E-state index contributed by atoms with van der Waals surface area (Å²) in [5, 5.41) is 2.63. The van der Waals surface area contributed by atoms with Gasteiger partial charge < -0.3 is 0 Å². The summed E-state index contributed by atoms with van der Waals surface area (Å²) < 4.78 is 0. The Labute approximate surface area is 105 Å². The Morgan fingerprint density at radius 2 is 1.41 bits per heavy atom. The van der Waals surface area contributed by atoms with Crippen LogP contribution in [0.25, 0.3) is 0 Å². The van der Waals surface area contributed by atoms with E-state index < -0.39 is 0 Å². The Bertz CT molecular complexity index is 220. The predicted octanol–water partition coefficient (Wildman–Crippen LogP) is 0.593. The second kappa shape index (κ2) is 6.63. The summed E-state index contributed by atoms with van der Waals surface area (Å²) >= 11 is 0. The first-order valence-electron chi connectivity index (χ1n) is 6.37. The molecule has 0 aromatic carbocycles. The minimum absolute atomic E-state index is 0.253. The van der Waals surface area contributed by atoms with Gasteiger partial charge in [0.25, 0.3) is 0 Å². The van der Waals surface area contributed by atoms with Crippen LogP contribution in [0, 0.1) is 0 Å². The molecule has 0 heterocycles. The van der Waals surface area contributed by atoms with Crippen molar-refractivity contribution in [3.05, 3.63) is 0 Å². The zero-order valence-electron chi connectivity index (χ0n) is 11.7. The van der Waals surface area contributed by atoms with E-state index in [0.29, 0.717) is 0 Å². The Morgan fingerprint density at radius 1 is 0.882 bits per heavy atom. The highest BCUT2D eigenvalue weighted by molar-refractivity contribution is 4.95. The molecular weight excluding hydrogens is 216 g/mol. The SMILES string of the molecule is CCCC(CC)(CC(C)(CC)N(N)N)N(N)N. The summed E-state index contributed by atoms with van der Waals surface area (Å²) in [5.41, 5.74) is -0.557. The minimum Gasteiger partial charge on any atom is -0.255 e. The molecular formula is C11H30N6. The van der Waals surface area contributed by atoms with Crippen LogP contribution < -0.4 is 23.4 Å². The van der Waals surface area contributed by atoms with Gasteiger partial charge in [-0.2, -0.15) is 10.2 Å². The van der Waals surface area contributed by atoms with E-state index in [4.69, 9.17) is 23.4 Å². The van der Waals surface area contributed by atoms with Crippen molar-refractivity contribution in [2.45, 2.75) is 70.9 Å². The first kappa shape index (κ1) is 16.8. The van der Waals surface area contributed by atoms with Gasteiger partial charge in [-0.25, -0.2) is 0 Å². The Morgan fingerprint density at radius 3 is 1.65 bits per heavy atom. The third kappa shape index (κ3) is 3.87. The van der Waals surface area contributed by atoms with Gasteiger partial charge in [0, 0.05) is 5.54 Å². The summed E-state index contributed by atoms with van der Waals surface area (Å²) in [6, 6.07) is 0. The van der Waals surface area contributed by atoms with Crippen LogP contribution in [-0.2, 0) is 0 Å². The number of hydrogen-bond acceptors (Lipinski definition) is 6. The Balaban J connectivity index is 5.07. The van der Waals surface area contributed by atoms with Crippen LogP contribution in [0.15, 0.2) is 0 Å². The molecule has 0 amide bonds. The van der Waals surface area contributed by atoms with Crippen molar-refractivity contribution in [3.63, 3.8) is 0 Å². The lowest BCUT2D eigenvalue weighted by atomic mass is 9.77. The van der Waals surface area contributed by atoms with Crippen LogP contribution in [0.4, 0.5) is 0 Å². The van der Waals surface area contributed by atoms with E-state index in [1.807, 2.05) is 6.92 Å². The quantitative estimate of drug-likeness (QED) is 0.368. The molecule has 0 aromatic heterocycles. The number of nitrogens with zero attached hydrogens (tertiary/aromatic N) is 2. The van der Waals surface area contributed by atoms with E-state index in [2.05, 4.69) is 20.8 Å². The molecule has 8 N–H and O–H groups in total. The highest BCUT2D eigenvalue weighted by Gasteiger charge is 2.40. The van der Waals surface area contributed by atoms with Gasteiger partial charge >= 0.3 is 0 Å². The second-order valence-corrected chi connectivity index (χ2v) is 5.17. The predicted molar refractivity (Wildman–Crippen MR) is 71.7 cm³/mol. The summed E-state index contributed by atoms with van der Waals surface area (Å²) in [7, 11) is 0. The zero-order chi connectivity index (χ0) is 13.7. The number of nitrogens with two attached hydrogens (primary N) is 4. The van der Waals surface area contributed by atoms with Gasteiger partial charge in [0.15, 0.2) is 0 Å². The van der Waals surface area contributed by atoms with Crippen molar-refractivity contribution in [2.24, 2.45) is 23.4 Å². The minimum atomic E-state index is -0.303. The fourth-order valence-corrected chi connectivity index (χ4v) is 2.37. The molecule has 0 aliphatic heterocycles. The van der Waals surface area contributed by atoms with E-state index in [9.17, 15) is 0 Å². The van der Waals surface area contributed by atoms with Gasteiger partial charge in [-0.3, -0.25) is 23.4 Å². The van der Waals surface area contributed by atoms with Gasteiger partial charge in [0.2, 0.25) is 0 Å². The lowest BCUT2D eigenvalue weighted by Gasteiger charge is -2.46. The van der Waals surface area contributed by atoms with Crippen molar-refractivity contribution in [1.29, 1.82) is 0 Å². The standard InChI is InChI=1S/C11H30N6/c1-5-8-11(7-3,17(14)15)9-10(4,6-2)16(12)13/h5-9,12-15H2,1-4H3. The van der Waals surface area contributed by atoms with Crippen molar-refractivity contribution in [1.82, 2.24) is 10.2 Å². The van der Waals surface area contributed by atoms with E-state index in [1.165, 1.54) is 10.2 Å². The lowest BCUT2D eigenvalue weighted by Crippen LogP contribution is -2.64. The first-order chi connectivity index (χ1) is 7.78. The topological polar surface area (TPSA) is 111 Å². The highest BCUT2D eigenvalue weighted by atomic mass is 15.6. The maximum Gasteiger partial charge on any atom is 0.0521 e. The molecule has 0 fully saturated rings. The molecule has 17 heavy (non-hydrogen) atoms. The molecule has 2 unspecified atom stereocenters. The van der Waals surface area contributed by atoms with Gasteiger partial charge in [-0.1, -0.05) is 27.2 Å². The number of hydrazine groups is 4. The summed E-state index contributed by atoms with van der Waals surface area (Å²) in [5.74, 6) is 23.2. The molecule has 0 rings (SSSR count). The van der Waals surface area contributed by atoms with Gasteiger partial charge in [0.05, 0.1) is 5.54 Å². The van der Waals surface area contributed by atoms with Crippen LogP contribution in [-0.4, -0.2) is 21.3 Å². The molecule has 0 aromatic rings. The molecule has 0 spiro atoms. The fourth-order valence-electron chi connectivity index (χ4n) is 2.37. The van der Waals surface area contributed by atoms with Crippen molar-refractivity contribution in [3.8, 4) is 0 Å². The van der Waals surface area contributed by atoms with Crippen molar-refractivity contribution < 1.29 is 0 Å². The normalized spacial score (nSPS) is 19.4. The Hall–Kier alpha value is -0.240. The maximum absolute atomic E-state index is 5.84. The molecule has 2 atom stereocenters. The average molecular weight is 246 g/mol. The van der Waals surface area contributed by atoms with Crippen LogP contribution in [0.2, 0.25) is 0 Å². The molecule has 0 saturated heterocycles. The zero-order valence-corrected chi connectivity index (χ0v) is 11.7. The molecule has 0 aliphatic rings. The molecule has 0 aliphatic carbocycles. The van der Waals surface area contributed by atoms with Gasteiger partial charge in [-0.05, 0) is 32.6 Å². The smallest absolute Gasteiger partial charge is 0.0521 e. The summed E-state index contributed by atoms with van der Waals surface area (Å²) in [4.78, 5) is 0. The largest absolute Gasteiger partial charge is 0.255 e. The highest BCUT2D eigenvalue weighted by Crippen LogP contribution is 2.34. The van der Waals surface area contributed by atoms with Crippen molar-refractivity contribution in [2.75, 3.05) is 0 Å². The molecule has 6 nitrogen and oxygen atoms in total. The van der Waals surface area contributed by atoms with E-state index in [-0.39, 0.29) is 11.1 Å². The van der Waals surface area contributed by atoms with E-state index >= 15 is 0 Å². The average Bonchev–Trinajstić information content (AvgIpc) is 2.27. The summed E-state index contributed by atoms with van der Waals surface area (Å²) in [6.45, 7) is 8.32. The van der Waals surface area contributed by atoms with E-state index in [1.54, 1.807) is 0 Å². The number of rotatable bonds is 8. The molecule has 0 bridgehead atoms. The fraction of sp³-hybridized carbons (Fsp3) is 1.00. The monoisotopic (exact) mass is 246 g/mol. The molecule has 0 saturated carbocycles. The lowest BCUT2D eigenvalue weighted by molar-refractivity contribution is -0.0107. The molecule has 0 radical (unpaired) electrons. The second-order valence-electron chi connectivity index (χ2n) is 5.17. The van der Waals surface area contributed by atoms with Gasteiger partial charge in [-0.15, -0.1) is 0 Å². The number of hydrogen-bond donors (Lipinski definition) is 4. The molecule has 104 valence electrons. The third-order valence-electron chi connectivity index (χ3n) is 4.02. The Kier molecular flexibility index (Phi) is 6.53. The van der Waals surface area contributed by atoms with E-state index in [0.717, 1.165) is 32.1 Å². The third-order valence-corrected chi connectivity index (χ3v) is 4.02. The van der Waals surface area contributed by atoms with Crippen LogP contribution in [0.5, 0.6) is 0 Å². The van der Waals surface area contributed by atoms with Crippen LogP contribution in [0.1, 0.15) is 59.8 Å². The van der Waals surface area contributed by atoms with Gasteiger partial charge in [0.1, 0.15) is 0 Å². The summed E-state index contributed by atoms with van der Waals surface area (Å²) in [6.07, 6.45) is 4.42. The first-order valence-corrected chi connectivity index (χ1v) is 6.37.